The summed E-state index contributed by atoms with van der Waals surface area (Å²) in [7, 11) is 0. The number of benzene rings is 1. The Kier molecular flexibility index (Phi) is 6.55. The maximum Gasteiger partial charge on any atom is 0.307 e. The lowest BCUT2D eigenvalue weighted by Crippen LogP contribution is -2.50. The topological polar surface area (TPSA) is 49.8 Å². The molecule has 4 nitrogen and oxygen atoms in total. The molecule has 1 unspecified atom stereocenters. The van der Waals surface area contributed by atoms with E-state index in [2.05, 4.69) is 53.5 Å². The molecule has 4 heteroatoms. The first-order chi connectivity index (χ1) is 16.1. The van der Waals surface area contributed by atoms with Crippen LogP contribution in [0.5, 0.6) is 0 Å². The van der Waals surface area contributed by atoms with Crippen LogP contribution >= 0.6 is 0 Å². The van der Waals surface area contributed by atoms with Crippen LogP contribution in [0.25, 0.3) is 0 Å². The fourth-order valence-electron chi connectivity index (χ4n) is 6.12. The minimum absolute atomic E-state index is 0.130. The molecule has 1 aromatic carbocycles. The lowest BCUT2D eigenvalue weighted by molar-refractivity contribution is -0.138. The molecule has 0 spiro atoms. The van der Waals surface area contributed by atoms with Crippen LogP contribution in [0, 0.1) is 5.92 Å². The summed E-state index contributed by atoms with van der Waals surface area (Å²) in [6, 6.07) is 11.0. The SMILES string of the molecule is CC(=O)OC1=C2C3C=C(CCCCc4ccccc4)C=CC3=C3CCCC[C@@H]3N2C[C@H](O)C1. The van der Waals surface area contributed by atoms with Crippen molar-refractivity contribution in [3.63, 3.8) is 0 Å². The number of hydrogen-bond donors (Lipinski definition) is 1. The molecule has 0 aromatic heterocycles. The Morgan fingerprint density at radius 3 is 2.76 bits per heavy atom. The molecule has 5 rings (SSSR count). The minimum Gasteiger partial charge on any atom is -0.429 e. The molecule has 1 aromatic rings. The molecular formula is C29H35NO3. The molecule has 174 valence electrons. The molecule has 33 heavy (non-hydrogen) atoms. The van der Waals surface area contributed by atoms with Crippen LogP contribution in [-0.2, 0) is 16.0 Å². The third-order valence-corrected chi connectivity index (χ3v) is 7.52. The van der Waals surface area contributed by atoms with Crippen LogP contribution < -0.4 is 0 Å². The second-order valence-corrected chi connectivity index (χ2v) is 9.90. The maximum atomic E-state index is 11.9. The van der Waals surface area contributed by atoms with Gasteiger partial charge in [-0.05, 0) is 61.7 Å². The Balaban J connectivity index is 1.40. The third kappa shape index (κ3) is 4.72. The Hall–Kier alpha value is -2.59. The number of fused-ring (bicyclic) bond motifs is 5. The van der Waals surface area contributed by atoms with Gasteiger partial charge in [0.1, 0.15) is 5.76 Å². The molecule has 2 heterocycles. The molecule has 0 radical (unpaired) electrons. The smallest absolute Gasteiger partial charge is 0.307 e. The van der Waals surface area contributed by atoms with Gasteiger partial charge in [-0.25, -0.2) is 0 Å². The van der Waals surface area contributed by atoms with E-state index in [1.165, 1.54) is 48.5 Å². The summed E-state index contributed by atoms with van der Waals surface area (Å²) in [6.45, 7) is 2.08. The molecule has 0 bridgehead atoms. The quantitative estimate of drug-likeness (QED) is 0.457. The second kappa shape index (κ2) is 9.72. The van der Waals surface area contributed by atoms with E-state index in [0.29, 0.717) is 24.8 Å². The van der Waals surface area contributed by atoms with E-state index in [1.54, 1.807) is 0 Å². The lowest BCUT2D eigenvalue weighted by atomic mass is 9.72. The van der Waals surface area contributed by atoms with Crippen molar-refractivity contribution >= 4 is 5.97 Å². The number of rotatable bonds is 6. The van der Waals surface area contributed by atoms with Crippen molar-refractivity contribution in [1.29, 1.82) is 0 Å². The van der Waals surface area contributed by atoms with Gasteiger partial charge < -0.3 is 14.7 Å². The van der Waals surface area contributed by atoms with Crippen LogP contribution in [0.2, 0.25) is 0 Å². The van der Waals surface area contributed by atoms with Gasteiger partial charge in [-0.2, -0.15) is 0 Å². The molecule has 1 saturated carbocycles. The number of unbranched alkanes of at least 4 members (excludes halogenated alkanes) is 1. The average molecular weight is 446 g/mol. The van der Waals surface area contributed by atoms with Gasteiger partial charge in [-0.1, -0.05) is 60.6 Å². The van der Waals surface area contributed by atoms with E-state index in [4.69, 9.17) is 4.74 Å². The Morgan fingerprint density at radius 1 is 1.12 bits per heavy atom. The molecule has 2 aliphatic carbocycles. The van der Waals surface area contributed by atoms with Gasteiger partial charge in [0.25, 0.3) is 0 Å². The van der Waals surface area contributed by atoms with Crippen LogP contribution in [0.15, 0.2) is 76.7 Å². The highest BCUT2D eigenvalue weighted by Gasteiger charge is 2.43. The summed E-state index contributed by atoms with van der Waals surface area (Å²) in [4.78, 5) is 14.3. The van der Waals surface area contributed by atoms with Gasteiger partial charge in [-0.15, -0.1) is 0 Å². The summed E-state index contributed by atoms with van der Waals surface area (Å²) in [6.07, 6.45) is 16.2. The minimum atomic E-state index is -0.492. The molecule has 0 amide bonds. The predicted molar refractivity (Wildman–Crippen MR) is 130 cm³/mol. The number of carbonyl (C=O) groups excluding carboxylic acids is 1. The normalized spacial score (nSPS) is 26.4. The van der Waals surface area contributed by atoms with Crippen molar-refractivity contribution in [3.05, 3.63) is 82.3 Å². The number of ether oxygens (including phenoxy) is 1. The molecule has 1 fully saturated rings. The lowest BCUT2D eigenvalue weighted by Gasteiger charge is -2.50. The zero-order valence-corrected chi connectivity index (χ0v) is 19.6. The summed E-state index contributed by atoms with van der Waals surface area (Å²) < 4.78 is 5.71. The first-order valence-corrected chi connectivity index (χ1v) is 12.6. The van der Waals surface area contributed by atoms with Crippen LogP contribution in [0.4, 0.5) is 0 Å². The van der Waals surface area contributed by atoms with Crippen LogP contribution in [-0.4, -0.2) is 34.7 Å². The van der Waals surface area contributed by atoms with Gasteiger partial charge in [0, 0.05) is 25.8 Å². The first kappa shape index (κ1) is 22.2. The van der Waals surface area contributed by atoms with E-state index in [-0.39, 0.29) is 11.9 Å². The first-order valence-electron chi connectivity index (χ1n) is 12.6. The summed E-state index contributed by atoms with van der Waals surface area (Å²) in [5.74, 6) is 0.497. The number of hydrogen-bond acceptors (Lipinski definition) is 4. The van der Waals surface area contributed by atoms with Gasteiger partial charge >= 0.3 is 5.97 Å². The summed E-state index contributed by atoms with van der Waals surface area (Å²) in [5.41, 5.74) is 6.82. The number of nitrogens with zero attached hydrogens (tertiary/aromatic N) is 1. The Labute approximate surface area is 197 Å². The van der Waals surface area contributed by atoms with E-state index in [0.717, 1.165) is 37.8 Å². The fraction of sp³-hybridized carbons (Fsp3) is 0.483. The van der Waals surface area contributed by atoms with Crippen molar-refractivity contribution in [1.82, 2.24) is 4.90 Å². The van der Waals surface area contributed by atoms with E-state index < -0.39 is 6.10 Å². The molecular weight excluding hydrogens is 410 g/mol. The van der Waals surface area contributed by atoms with Gasteiger partial charge in [0.15, 0.2) is 0 Å². The highest BCUT2D eigenvalue weighted by Crippen LogP contribution is 2.48. The van der Waals surface area contributed by atoms with Crippen molar-refractivity contribution in [2.45, 2.75) is 76.9 Å². The summed E-state index contributed by atoms with van der Waals surface area (Å²) in [5, 5.41) is 10.6. The summed E-state index contributed by atoms with van der Waals surface area (Å²) >= 11 is 0. The predicted octanol–water partition coefficient (Wildman–Crippen LogP) is 5.61. The Morgan fingerprint density at radius 2 is 1.94 bits per heavy atom. The second-order valence-electron chi connectivity index (χ2n) is 9.90. The molecule has 4 aliphatic rings. The van der Waals surface area contributed by atoms with Crippen molar-refractivity contribution in [2.24, 2.45) is 5.92 Å². The Bertz CT molecular complexity index is 1020. The van der Waals surface area contributed by atoms with Crippen molar-refractivity contribution in [2.75, 3.05) is 6.54 Å². The highest BCUT2D eigenvalue weighted by atomic mass is 16.5. The number of aryl methyl sites for hydroxylation is 1. The fourth-order valence-corrected chi connectivity index (χ4v) is 6.12. The highest BCUT2D eigenvalue weighted by molar-refractivity contribution is 5.67. The van der Waals surface area contributed by atoms with E-state index in [1.807, 2.05) is 0 Å². The number of carbonyl (C=O) groups is 1. The number of allylic oxidation sites excluding steroid dienone is 4. The zero-order chi connectivity index (χ0) is 22.8. The molecule has 3 atom stereocenters. The van der Waals surface area contributed by atoms with Crippen LogP contribution in [0.3, 0.4) is 0 Å². The molecule has 0 saturated heterocycles. The van der Waals surface area contributed by atoms with Crippen molar-refractivity contribution in [3.8, 4) is 0 Å². The van der Waals surface area contributed by atoms with Crippen LogP contribution in [0.1, 0.15) is 63.9 Å². The number of aliphatic hydroxyl groups excluding tert-OH is 1. The third-order valence-electron chi connectivity index (χ3n) is 7.52. The number of aliphatic hydroxyl groups is 1. The average Bonchev–Trinajstić information content (AvgIpc) is 2.82. The van der Waals surface area contributed by atoms with Gasteiger partial charge in [-0.3, -0.25) is 4.79 Å². The van der Waals surface area contributed by atoms with Gasteiger partial charge in [0.05, 0.1) is 17.8 Å². The molecule has 1 N–H and O–H groups in total. The number of esters is 1. The monoisotopic (exact) mass is 445 g/mol. The van der Waals surface area contributed by atoms with E-state index in [9.17, 15) is 9.90 Å². The zero-order valence-electron chi connectivity index (χ0n) is 19.6. The standard InChI is InChI=1S/C29H35NO3/c1-20(31)33-28-18-23(32)19-30-27-14-8-7-13-25(27)24-16-15-22(17-26(24)29(28)30)12-6-5-11-21-9-3-2-4-10-21/h2-4,9-10,15-17,23,26-27,32H,5-8,11-14,18-19H2,1H3/t23-,26?,27+/m1/s1. The van der Waals surface area contributed by atoms with E-state index >= 15 is 0 Å². The molecule has 2 aliphatic heterocycles. The maximum absolute atomic E-state index is 11.9. The largest absolute Gasteiger partial charge is 0.429 e. The van der Waals surface area contributed by atoms with Gasteiger partial charge in [0.2, 0.25) is 0 Å². The van der Waals surface area contributed by atoms with Crippen molar-refractivity contribution < 1.29 is 14.6 Å².